The number of carbonyl (C=O) groups is 1. The second-order valence-electron chi connectivity index (χ2n) is 6.37. The number of benzene rings is 2. The molecule has 1 aromatic heterocycles. The van der Waals surface area contributed by atoms with Crippen molar-refractivity contribution in [2.24, 2.45) is 0 Å². The molecule has 3 aromatic rings. The standard InChI is InChI=1S/C21H21N3O2/c1-14(2)23-20(26)12-19-18(15-7-4-3-5-8-15)13-22-21(24-19)16-9-6-10-17(25)11-16/h3-11,13-14,25H,12H2,1-2H3,(H,23,26). The number of phenols is 1. The Bertz CT molecular complexity index is 908. The van der Waals surface area contributed by atoms with E-state index in [9.17, 15) is 9.90 Å². The van der Waals surface area contributed by atoms with Gasteiger partial charge >= 0.3 is 0 Å². The molecular formula is C21H21N3O2. The molecule has 1 amide bonds. The van der Waals surface area contributed by atoms with Crippen molar-refractivity contribution in [1.82, 2.24) is 15.3 Å². The summed E-state index contributed by atoms with van der Waals surface area (Å²) in [7, 11) is 0. The molecule has 5 heteroatoms. The van der Waals surface area contributed by atoms with Crippen molar-refractivity contribution in [3.63, 3.8) is 0 Å². The van der Waals surface area contributed by atoms with E-state index in [1.807, 2.05) is 50.2 Å². The molecule has 0 fully saturated rings. The summed E-state index contributed by atoms with van der Waals surface area (Å²) in [6.07, 6.45) is 1.90. The summed E-state index contributed by atoms with van der Waals surface area (Å²) in [5, 5.41) is 12.6. The van der Waals surface area contributed by atoms with Gasteiger partial charge < -0.3 is 10.4 Å². The number of aromatic nitrogens is 2. The first-order valence-corrected chi connectivity index (χ1v) is 8.53. The summed E-state index contributed by atoms with van der Waals surface area (Å²) in [4.78, 5) is 21.4. The van der Waals surface area contributed by atoms with E-state index in [1.54, 1.807) is 24.4 Å². The summed E-state index contributed by atoms with van der Waals surface area (Å²) in [5.41, 5.74) is 3.15. The second-order valence-corrected chi connectivity index (χ2v) is 6.37. The molecule has 2 aromatic carbocycles. The van der Waals surface area contributed by atoms with Crippen molar-refractivity contribution in [2.75, 3.05) is 0 Å². The smallest absolute Gasteiger partial charge is 0.226 e. The average molecular weight is 347 g/mol. The number of nitrogens with one attached hydrogen (secondary N) is 1. The third-order valence-electron chi connectivity index (χ3n) is 3.83. The first-order chi connectivity index (χ1) is 12.5. The molecular weight excluding hydrogens is 326 g/mol. The van der Waals surface area contributed by atoms with E-state index >= 15 is 0 Å². The molecule has 0 saturated carbocycles. The maximum absolute atomic E-state index is 12.3. The Morgan fingerprint density at radius 3 is 2.50 bits per heavy atom. The monoisotopic (exact) mass is 347 g/mol. The Kier molecular flexibility index (Phi) is 5.27. The zero-order valence-electron chi connectivity index (χ0n) is 14.8. The number of carbonyl (C=O) groups excluding carboxylic acids is 1. The number of nitrogens with zero attached hydrogens (tertiary/aromatic N) is 2. The van der Waals surface area contributed by atoms with Crippen molar-refractivity contribution in [1.29, 1.82) is 0 Å². The molecule has 0 bridgehead atoms. The van der Waals surface area contributed by atoms with E-state index in [-0.39, 0.29) is 24.1 Å². The number of aromatic hydroxyl groups is 1. The largest absolute Gasteiger partial charge is 0.508 e. The molecule has 3 rings (SSSR count). The Labute approximate surface area is 152 Å². The van der Waals surface area contributed by atoms with Crippen LogP contribution < -0.4 is 5.32 Å². The lowest BCUT2D eigenvalue weighted by atomic mass is 10.0. The minimum Gasteiger partial charge on any atom is -0.508 e. The van der Waals surface area contributed by atoms with Crippen LogP contribution in [0.3, 0.4) is 0 Å². The topological polar surface area (TPSA) is 75.1 Å². The molecule has 0 spiro atoms. The van der Waals surface area contributed by atoms with Gasteiger partial charge in [0.1, 0.15) is 5.75 Å². The van der Waals surface area contributed by atoms with Gasteiger partial charge in [0.15, 0.2) is 5.82 Å². The van der Waals surface area contributed by atoms with Gasteiger partial charge in [-0.05, 0) is 31.5 Å². The molecule has 0 atom stereocenters. The van der Waals surface area contributed by atoms with Crippen molar-refractivity contribution in [3.8, 4) is 28.3 Å². The maximum atomic E-state index is 12.3. The molecule has 0 radical (unpaired) electrons. The van der Waals surface area contributed by atoms with Crippen LogP contribution in [0.1, 0.15) is 19.5 Å². The fourth-order valence-corrected chi connectivity index (χ4v) is 2.72. The van der Waals surface area contributed by atoms with Crippen LogP contribution in [-0.4, -0.2) is 27.0 Å². The van der Waals surface area contributed by atoms with E-state index in [1.165, 1.54) is 0 Å². The summed E-state index contributed by atoms with van der Waals surface area (Å²) >= 11 is 0. The van der Waals surface area contributed by atoms with Gasteiger partial charge in [-0.3, -0.25) is 4.79 Å². The van der Waals surface area contributed by atoms with Crippen LogP contribution in [-0.2, 0) is 11.2 Å². The zero-order chi connectivity index (χ0) is 18.5. The van der Waals surface area contributed by atoms with Crippen LogP contribution >= 0.6 is 0 Å². The minimum atomic E-state index is -0.0854. The molecule has 0 aliphatic carbocycles. The minimum absolute atomic E-state index is 0.0649. The lowest BCUT2D eigenvalue weighted by Crippen LogP contribution is -2.31. The third kappa shape index (κ3) is 4.25. The van der Waals surface area contributed by atoms with E-state index in [0.717, 1.165) is 11.1 Å². The lowest BCUT2D eigenvalue weighted by Gasteiger charge is -2.12. The zero-order valence-corrected chi connectivity index (χ0v) is 14.8. The second kappa shape index (κ2) is 7.78. The third-order valence-corrected chi connectivity index (χ3v) is 3.83. The van der Waals surface area contributed by atoms with Gasteiger partial charge in [-0.25, -0.2) is 9.97 Å². The number of hydrogen-bond acceptors (Lipinski definition) is 4. The summed E-state index contributed by atoms with van der Waals surface area (Å²) < 4.78 is 0. The summed E-state index contributed by atoms with van der Waals surface area (Å²) in [6.45, 7) is 3.85. The molecule has 2 N–H and O–H groups in total. The van der Waals surface area contributed by atoms with Gasteiger partial charge in [-0.1, -0.05) is 42.5 Å². The van der Waals surface area contributed by atoms with Gasteiger partial charge in [0.2, 0.25) is 5.91 Å². The number of rotatable bonds is 5. The van der Waals surface area contributed by atoms with Crippen LogP contribution in [0.4, 0.5) is 0 Å². The van der Waals surface area contributed by atoms with Gasteiger partial charge in [-0.2, -0.15) is 0 Å². The first-order valence-electron chi connectivity index (χ1n) is 8.53. The van der Waals surface area contributed by atoms with Crippen LogP contribution in [0.2, 0.25) is 0 Å². The van der Waals surface area contributed by atoms with E-state index in [4.69, 9.17) is 0 Å². The Morgan fingerprint density at radius 1 is 1.08 bits per heavy atom. The van der Waals surface area contributed by atoms with Crippen molar-refractivity contribution < 1.29 is 9.90 Å². The van der Waals surface area contributed by atoms with E-state index in [2.05, 4.69) is 15.3 Å². The predicted octanol–water partition coefficient (Wildman–Crippen LogP) is 3.58. The SMILES string of the molecule is CC(C)NC(=O)Cc1nc(-c2cccc(O)c2)ncc1-c1ccccc1. The predicted molar refractivity (Wildman–Crippen MR) is 102 cm³/mol. The van der Waals surface area contributed by atoms with E-state index in [0.29, 0.717) is 17.1 Å². The van der Waals surface area contributed by atoms with Gasteiger partial charge in [0.05, 0.1) is 12.1 Å². The highest BCUT2D eigenvalue weighted by Crippen LogP contribution is 2.26. The van der Waals surface area contributed by atoms with E-state index < -0.39 is 0 Å². The highest BCUT2D eigenvalue weighted by Gasteiger charge is 2.15. The highest BCUT2D eigenvalue weighted by molar-refractivity contribution is 5.81. The average Bonchev–Trinajstić information content (AvgIpc) is 2.61. The fourth-order valence-electron chi connectivity index (χ4n) is 2.72. The Morgan fingerprint density at radius 2 is 1.81 bits per heavy atom. The van der Waals surface area contributed by atoms with Crippen LogP contribution in [0.15, 0.2) is 60.8 Å². The van der Waals surface area contributed by atoms with Crippen molar-refractivity contribution >= 4 is 5.91 Å². The number of hydrogen-bond donors (Lipinski definition) is 2. The summed E-state index contributed by atoms with van der Waals surface area (Å²) in [6, 6.07) is 16.6. The molecule has 1 heterocycles. The summed E-state index contributed by atoms with van der Waals surface area (Å²) in [5.74, 6) is 0.544. The quantitative estimate of drug-likeness (QED) is 0.740. The Hall–Kier alpha value is -3.21. The molecule has 0 aliphatic rings. The Balaban J connectivity index is 2.03. The first kappa shape index (κ1) is 17.6. The van der Waals surface area contributed by atoms with Gasteiger partial charge in [0, 0.05) is 23.4 Å². The molecule has 0 aliphatic heterocycles. The number of phenolic OH excluding ortho intramolecular Hbond substituents is 1. The lowest BCUT2D eigenvalue weighted by molar-refractivity contribution is -0.120. The fraction of sp³-hybridized carbons (Fsp3) is 0.190. The number of amides is 1. The highest BCUT2D eigenvalue weighted by atomic mass is 16.3. The molecule has 26 heavy (non-hydrogen) atoms. The van der Waals surface area contributed by atoms with Crippen LogP contribution in [0.5, 0.6) is 5.75 Å². The van der Waals surface area contributed by atoms with Gasteiger partial charge in [0.25, 0.3) is 0 Å². The molecule has 132 valence electrons. The maximum Gasteiger partial charge on any atom is 0.226 e. The molecule has 0 unspecified atom stereocenters. The van der Waals surface area contributed by atoms with Gasteiger partial charge in [-0.15, -0.1) is 0 Å². The molecule has 0 saturated heterocycles. The normalized spacial score (nSPS) is 10.7. The van der Waals surface area contributed by atoms with Crippen molar-refractivity contribution in [2.45, 2.75) is 26.3 Å². The van der Waals surface area contributed by atoms with Crippen molar-refractivity contribution in [3.05, 3.63) is 66.5 Å². The molecule has 5 nitrogen and oxygen atoms in total. The van der Waals surface area contributed by atoms with Crippen LogP contribution in [0, 0.1) is 0 Å². The van der Waals surface area contributed by atoms with Crippen LogP contribution in [0.25, 0.3) is 22.5 Å².